The third-order valence-electron chi connectivity index (χ3n) is 6.14. The second-order valence-electron chi connectivity index (χ2n) is 8.40. The Morgan fingerprint density at radius 1 is 0.886 bits per heavy atom. The minimum Gasteiger partial charge on any atom is -0.497 e. The first-order valence-corrected chi connectivity index (χ1v) is 10.8. The zero-order valence-electron chi connectivity index (χ0n) is 18.5. The van der Waals surface area contributed by atoms with Crippen molar-refractivity contribution in [3.8, 4) is 11.5 Å². The minimum atomic E-state index is -1.75. The van der Waals surface area contributed by atoms with E-state index in [0.717, 1.165) is 0 Å². The number of hydrogen-bond donors (Lipinski definition) is 7. The number of carbonyl (C=O) groups excluding carboxylic acids is 1. The Balaban J connectivity index is 1.48. The maximum Gasteiger partial charge on any atom is 0.342 e. The molecule has 0 bridgehead atoms. The molecule has 35 heavy (non-hydrogen) atoms. The molecule has 0 amide bonds. The summed E-state index contributed by atoms with van der Waals surface area (Å²) in [7, 11) is 1.40. The van der Waals surface area contributed by atoms with Gasteiger partial charge in [-0.25, -0.2) is 4.79 Å². The molecule has 7 N–H and O–H groups in total. The summed E-state index contributed by atoms with van der Waals surface area (Å²) in [5.41, 5.74) is 0.578. The first kappa shape index (κ1) is 26.0. The van der Waals surface area contributed by atoms with Gasteiger partial charge in [-0.2, -0.15) is 0 Å². The fourth-order valence-corrected chi connectivity index (χ4v) is 4.09. The van der Waals surface area contributed by atoms with Gasteiger partial charge >= 0.3 is 5.97 Å². The van der Waals surface area contributed by atoms with E-state index in [1.165, 1.54) is 13.2 Å². The number of carbonyl (C=O) groups is 1. The van der Waals surface area contributed by atoms with Gasteiger partial charge in [-0.3, -0.25) is 0 Å². The van der Waals surface area contributed by atoms with Crippen LogP contribution in [0.15, 0.2) is 12.1 Å². The summed E-state index contributed by atoms with van der Waals surface area (Å²) in [5, 5.41) is 70.3. The third kappa shape index (κ3) is 4.95. The summed E-state index contributed by atoms with van der Waals surface area (Å²) in [5.74, 6) is -0.362. The summed E-state index contributed by atoms with van der Waals surface area (Å²) in [6, 6.07) is 2.96. The molecule has 14 nitrogen and oxygen atoms in total. The van der Waals surface area contributed by atoms with Crippen LogP contribution in [0.4, 0.5) is 0 Å². The molecule has 1 aromatic rings. The smallest absolute Gasteiger partial charge is 0.342 e. The van der Waals surface area contributed by atoms with Gasteiger partial charge in [0, 0.05) is 11.6 Å². The van der Waals surface area contributed by atoms with Gasteiger partial charge in [0.1, 0.15) is 72.5 Å². The van der Waals surface area contributed by atoms with Gasteiger partial charge in [0.05, 0.1) is 20.3 Å². The number of esters is 1. The van der Waals surface area contributed by atoms with Crippen LogP contribution in [0.25, 0.3) is 0 Å². The lowest BCUT2D eigenvalue weighted by Gasteiger charge is -2.42. The Hall–Kier alpha value is -2.11. The molecule has 2 saturated heterocycles. The van der Waals surface area contributed by atoms with Crippen molar-refractivity contribution >= 4 is 5.97 Å². The lowest BCUT2D eigenvalue weighted by atomic mass is 9.98. The molecule has 10 atom stereocenters. The molecule has 0 radical (unpaired) electrons. The monoisotopic (exact) mass is 504 g/mol. The summed E-state index contributed by atoms with van der Waals surface area (Å²) in [4.78, 5) is 12.1. The van der Waals surface area contributed by atoms with E-state index in [4.69, 9.17) is 28.4 Å². The molecule has 0 aliphatic carbocycles. The van der Waals surface area contributed by atoms with E-state index < -0.39 is 80.6 Å². The highest BCUT2D eigenvalue weighted by Gasteiger charge is 2.48. The fraction of sp³-hybridized carbons (Fsp3) is 0.667. The van der Waals surface area contributed by atoms with Gasteiger partial charge in [-0.15, -0.1) is 0 Å². The molecule has 1 aromatic carbocycles. The minimum absolute atomic E-state index is 0.00724. The molecule has 10 unspecified atom stereocenters. The van der Waals surface area contributed by atoms with Gasteiger partial charge in [0.25, 0.3) is 0 Å². The number of methoxy groups -OCH3 is 1. The number of fused-ring (bicyclic) bond motifs is 1. The van der Waals surface area contributed by atoms with Crippen molar-refractivity contribution in [3.05, 3.63) is 23.3 Å². The van der Waals surface area contributed by atoms with E-state index in [0.29, 0.717) is 11.3 Å². The topological polar surface area (TPSA) is 214 Å². The van der Waals surface area contributed by atoms with Crippen molar-refractivity contribution in [1.29, 1.82) is 0 Å². The molecular formula is C21H28O14. The van der Waals surface area contributed by atoms with E-state index >= 15 is 0 Å². The SMILES string of the molecule is COc1cc2c(c(OC3OC(COC4OC(CO)C(O)C(O)C4O)C(O)C(O)C3O)c1)C(=O)OC2. The van der Waals surface area contributed by atoms with Crippen LogP contribution >= 0.6 is 0 Å². The zero-order chi connectivity index (χ0) is 25.4. The maximum atomic E-state index is 12.1. The molecule has 3 aliphatic heterocycles. The van der Waals surface area contributed by atoms with Gasteiger partial charge in [0.15, 0.2) is 6.29 Å². The standard InChI is InChI=1S/C21H28O14/c1-30-8-2-7-5-31-19(29)12(7)9(3-8)33-21-18(28)16(26)14(24)11(35-21)6-32-20-17(27)15(25)13(23)10(4-22)34-20/h2-3,10-11,13-18,20-28H,4-6H2,1H3. The highest BCUT2D eigenvalue weighted by atomic mass is 16.7. The molecule has 14 heteroatoms. The Labute approximate surface area is 198 Å². The molecule has 3 aliphatic rings. The lowest BCUT2D eigenvalue weighted by Crippen LogP contribution is -2.62. The Kier molecular flexibility index (Phi) is 7.77. The molecule has 2 fully saturated rings. The van der Waals surface area contributed by atoms with Gasteiger partial charge in [-0.05, 0) is 6.07 Å². The predicted octanol–water partition coefficient (Wildman–Crippen LogP) is -3.63. The lowest BCUT2D eigenvalue weighted by molar-refractivity contribution is -0.323. The molecule has 0 spiro atoms. The summed E-state index contributed by atoms with van der Waals surface area (Å²) in [6.45, 7) is -1.19. The largest absolute Gasteiger partial charge is 0.497 e. The van der Waals surface area contributed by atoms with Crippen LogP contribution in [0.1, 0.15) is 15.9 Å². The number of benzene rings is 1. The second kappa shape index (κ2) is 10.5. The number of cyclic esters (lactones) is 1. The van der Waals surface area contributed by atoms with Crippen molar-refractivity contribution in [1.82, 2.24) is 0 Å². The third-order valence-corrected chi connectivity index (χ3v) is 6.14. The van der Waals surface area contributed by atoms with E-state index in [9.17, 15) is 40.5 Å². The van der Waals surface area contributed by atoms with Crippen LogP contribution in [0.5, 0.6) is 11.5 Å². The highest BCUT2D eigenvalue weighted by molar-refractivity contribution is 5.96. The first-order chi connectivity index (χ1) is 16.7. The number of hydrogen-bond acceptors (Lipinski definition) is 14. The normalized spacial score (nSPS) is 39.1. The van der Waals surface area contributed by atoms with Gasteiger partial charge < -0.3 is 64.2 Å². The molecule has 0 aromatic heterocycles. The van der Waals surface area contributed by atoms with Crippen molar-refractivity contribution in [3.63, 3.8) is 0 Å². The van der Waals surface area contributed by atoms with Crippen LogP contribution in [0, 0.1) is 0 Å². The summed E-state index contributed by atoms with van der Waals surface area (Å²) < 4.78 is 32.1. The predicted molar refractivity (Wildman–Crippen MR) is 109 cm³/mol. The number of aliphatic hydroxyl groups is 7. The Bertz CT molecular complexity index is 908. The van der Waals surface area contributed by atoms with Crippen molar-refractivity contribution in [2.45, 2.75) is 68.0 Å². The van der Waals surface area contributed by atoms with Gasteiger partial charge in [-0.1, -0.05) is 0 Å². The fourth-order valence-electron chi connectivity index (χ4n) is 4.09. The van der Waals surface area contributed by atoms with Crippen molar-refractivity contribution in [2.24, 2.45) is 0 Å². The molecule has 4 rings (SSSR count). The molecule has 0 saturated carbocycles. The summed E-state index contributed by atoms with van der Waals surface area (Å²) >= 11 is 0. The zero-order valence-corrected chi connectivity index (χ0v) is 18.5. The first-order valence-electron chi connectivity index (χ1n) is 10.8. The van der Waals surface area contributed by atoms with Crippen LogP contribution < -0.4 is 9.47 Å². The maximum absolute atomic E-state index is 12.1. The number of aliphatic hydroxyl groups excluding tert-OH is 7. The molecular weight excluding hydrogens is 476 g/mol. The van der Waals surface area contributed by atoms with Crippen molar-refractivity contribution < 1.29 is 69.0 Å². The quantitative estimate of drug-likeness (QED) is 0.179. The summed E-state index contributed by atoms with van der Waals surface area (Å²) in [6.07, 6.45) is -15.7. The average Bonchev–Trinajstić information content (AvgIpc) is 3.23. The number of rotatable bonds is 7. The van der Waals surface area contributed by atoms with Crippen LogP contribution in [0.3, 0.4) is 0 Å². The second-order valence-corrected chi connectivity index (χ2v) is 8.40. The molecule has 196 valence electrons. The molecule has 3 heterocycles. The average molecular weight is 504 g/mol. The van der Waals surface area contributed by atoms with Crippen molar-refractivity contribution in [2.75, 3.05) is 20.3 Å². The van der Waals surface area contributed by atoms with E-state index in [2.05, 4.69) is 0 Å². The Morgan fingerprint density at radius 3 is 2.17 bits per heavy atom. The Morgan fingerprint density at radius 2 is 1.51 bits per heavy atom. The van der Waals surface area contributed by atoms with Crippen LogP contribution in [0.2, 0.25) is 0 Å². The van der Waals surface area contributed by atoms with E-state index in [1.54, 1.807) is 6.07 Å². The van der Waals surface area contributed by atoms with Crippen LogP contribution in [-0.2, 0) is 25.6 Å². The van der Waals surface area contributed by atoms with Crippen LogP contribution in [-0.4, -0.2) is 123 Å². The van der Waals surface area contributed by atoms with E-state index in [1.807, 2.05) is 0 Å². The van der Waals surface area contributed by atoms with E-state index in [-0.39, 0.29) is 17.9 Å². The number of ether oxygens (including phenoxy) is 6. The highest BCUT2D eigenvalue weighted by Crippen LogP contribution is 2.36. The van der Waals surface area contributed by atoms with Gasteiger partial charge in [0.2, 0.25) is 6.29 Å².